The first kappa shape index (κ1) is 17.2. The number of hydrogen-bond donors (Lipinski definition) is 3. The molecule has 0 heterocycles. The van der Waals surface area contributed by atoms with Crippen LogP contribution in [0.25, 0.3) is 0 Å². The molecule has 7 heteroatoms. The van der Waals surface area contributed by atoms with E-state index in [2.05, 4.69) is 10.6 Å². The minimum atomic E-state index is -0.798. The largest absolute Gasteiger partial charge is 0.481 e. The van der Waals surface area contributed by atoms with Crippen molar-refractivity contribution in [2.24, 2.45) is 5.92 Å². The molecule has 1 fully saturated rings. The van der Waals surface area contributed by atoms with Crippen LogP contribution >= 0.6 is 0 Å². The highest BCUT2D eigenvalue weighted by Gasteiger charge is 2.27. The molecule has 0 bridgehead atoms. The monoisotopic (exact) mass is 326 g/mol. The Bertz CT molecular complexity index is 587. The molecule has 3 N–H and O–H groups in total. The van der Waals surface area contributed by atoms with Gasteiger partial charge in [0.05, 0.1) is 12.0 Å². The summed E-state index contributed by atoms with van der Waals surface area (Å²) < 4.78 is 26.6. The number of carbonyl (C=O) groups excluding carboxylic acids is 1. The summed E-state index contributed by atoms with van der Waals surface area (Å²) in [7, 11) is 0. The van der Waals surface area contributed by atoms with Gasteiger partial charge in [-0.05, 0) is 38.7 Å². The van der Waals surface area contributed by atoms with E-state index in [0.29, 0.717) is 25.7 Å². The Morgan fingerprint density at radius 1 is 1.22 bits per heavy atom. The Morgan fingerprint density at radius 3 is 2.43 bits per heavy atom. The zero-order valence-corrected chi connectivity index (χ0v) is 12.8. The number of carboxylic acid groups (broad SMARTS) is 1. The van der Waals surface area contributed by atoms with Gasteiger partial charge in [-0.25, -0.2) is 13.6 Å². The van der Waals surface area contributed by atoms with Gasteiger partial charge in [0.1, 0.15) is 11.6 Å². The molecule has 1 aromatic rings. The third-order valence-electron chi connectivity index (χ3n) is 4.19. The summed E-state index contributed by atoms with van der Waals surface area (Å²) in [6.07, 6.45) is 2.26. The molecule has 23 heavy (non-hydrogen) atoms. The highest BCUT2D eigenvalue weighted by molar-refractivity contribution is 5.75. The zero-order chi connectivity index (χ0) is 17.0. The van der Waals surface area contributed by atoms with Gasteiger partial charge in [0.2, 0.25) is 0 Å². The number of hydrogen-bond acceptors (Lipinski definition) is 2. The van der Waals surface area contributed by atoms with Gasteiger partial charge in [-0.1, -0.05) is 6.07 Å². The molecule has 5 nitrogen and oxygen atoms in total. The van der Waals surface area contributed by atoms with Crippen molar-refractivity contribution in [3.8, 4) is 0 Å². The number of aliphatic carboxylic acids is 1. The molecule has 2 rings (SSSR count). The summed E-state index contributed by atoms with van der Waals surface area (Å²) >= 11 is 0. The van der Waals surface area contributed by atoms with Crippen molar-refractivity contribution < 1.29 is 23.5 Å². The van der Waals surface area contributed by atoms with E-state index in [4.69, 9.17) is 5.11 Å². The van der Waals surface area contributed by atoms with Gasteiger partial charge in [-0.3, -0.25) is 4.79 Å². The van der Waals surface area contributed by atoms with E-state index in [0.717, 1.165) is 12.1 Å². The van der Waals surface area contributed by atoms with Crippen LogP contribution in [0.1, 0.15) is 44.2 Å². The number of carboxylic acids is 1. The van der Waals surface area contributed by atoms with Crippen LogP contribution in [0.4, 0.5) is 13.6 Å². The van der Waals surface area contributed by atoms with Crippen molar-refractivity contribution in [3.05, 3.63) is 35.4 Å². The molecule has 126 valence electrons. The number of amides is 2. The van der Waals surface area contributed by atoms with Crippen LogP contribution in [0, 0.1) is 17.6 Å². The van der Waals surface area contributed by atoms with Crippen LogP contribution in [0.15, 0.2) is 18.2 Å². The van der Waals surface area contributed by atoms with E-state index in [-0.39, 0.29) is 17.5 Å². The second-order valence-electron chi connectivity index (χ2n) is 5.89. The lowest BCUT2D eigenvalue weighted by Crippen LogP contribution is -2.44. The molecule has 0 spiro atoms. The standard InChI is InChI=1S/C16H20F2N2O3/c1-9(13-7-4-11(17)8-14(13)18)19-16(23)20-12-5-2-10(3-6-12)15(21)22/h4,7-10,12H,2-3,5-6H2,1H3,(H,21,22)(H2,19,20,23)/t9-,10?,12?/m1/s1. The van der Waals surface area contributed by atoms with Crippen molar-refractivity contribution in [2.75, 3.05) is 0 Å². The van der Waals surface area contributed by atoms with Gasteiger partial charge in [0.15, 0.2) is 0 Å². The Morgan fingerprint density at radius 2 is 1.87 bits per heavy atom. The summed E-state index contributed by atoms with van der Waals surface area (Å²) in [5.41, 5.74) is 0.205. The van der Waals surface area contributed by atoms with Gasteiger partial charge < -0.3 is 15.7 Å². The molecule has 0 unspecified atom stereocenters. The number of urea groups is 1. The molecular weight excluding hydrogens is 306 g/mol. The van der Waals surface area contributed by atoms with Crippen molar-refractivity contribution >= 4 is 12.0 Å². The minimum absolute atomic E-state index is 0.0872. The third-order valence-corrected chi connectivity index (χ3v) is 4.19. The van der Waals surface area contributed by atoms with Crippen LogP contribution in [0.5, 0.6) is 0 Å². The number of halogens is 2. The van der Waals surface area contributed by atoms with E-state index in [1.807, 2.05) is 0 Å². The highest BCUT2D eigenvalue weighted by Crippen LogP contribution is 2.24. The molecule has 1 aliphatic rings. The highest BCUT2D eigenvalue weighted by atomic mass is 19.1. The van der Waals surface area contributed by atoms with Crippen molar-refractivity contribution in [2.45, 2.75) is 44.7 Å². The fourth-order valence-electron chi connectivity index (χ4n) is 2.84. The molecule has 0 saturated heterocycles. The molecule has 0 aliphatic heterocycles. The third kappa shape index (κ3) is 4.64. The lowest BCUT2D eigenvalue weighted by atomic mass is 9.86. The Hall–Kier alpha value is -2.18. The van der Waals surface area contributed by atoms with Crippen LogP contribution in [-0.4, -0.2) is 23.1 Å². The predicted molar refractivity (Wildman–Crippen MR) is 79.8 cm³/mol. The summed E-state index contributed by atoms with van der Waals surface area (Å²) in [5.74, 6) is -2.52. The first-order valence-electron chi connectivity index (χ1n) is 7.61. The second-order valence-corrected chi connectivity index (χ2v) is 5.89. The first-order chi connectivity index (χ1) is 10.9. The Balaban J connectivity index is 1.84. The number of nitrogens with one attached hydrogen (secondary N) is 2. The van der Waals surface area contributed by atoms with Crippen molar-refractivity contribution in [3.63, 3.8) is 0 Å². The maximum Gasteiger partial charge on any atom is 0.315 e. The number of carbonyl (C=O) groups is 2. The van der Waals surface area contributed by atoms with Crippen molar-refractivity contribution in [1.82, 2.24) is 10.6 Å². The van der Waals surface area contributed by atoms with Crippen LogP contribution in [0.2, 0.25) is 0 Å². The average Bonchev–Trinajstić information content (AvgIpc) is 2.47. The van der Waals surface area contributed by atoms with Crippen LogP contribution < -0.4 is 10.6 Å². The Kier molecular flexibility index (Phi) is 5.52. The molecular formula is C16H20F2N2O3. The van der Waals surface area contributed by atoms with Gasteiger partial charge in [-0.2, -0.15) is 0 Å². The van der Waals surface area contributed by atoms with Gasteiger partial charge in [-0.15, -0.1) is 0 Å². The first-order valence-corrected chi connectivity index (χ1v) is 7.61. The van der Waals surface area contributed by atoms with Crippen LogP contribution in [-0.2, 0) is 4.79 Å². The summed E-state index contributed by atoms with van der Waals surface area (Å²) in [6.45, 7) is 1.61. The normalized spacial score (nSPS) is 22.2. The summed E-state index contributed by atoms with van der Waals surface area (Å²) in [5, 5.41) is 14.3. The molecule has 1 aromatic carbocycles. The molecule has 1 saturated carbocycles. The van der Waals surface area contributed by atoms with Gasteiger partial charge in [0, 0.05) is 17.7 Å². The average molecular weight is 326 g/mol. The van der Waals surface area contributed by atoms with E-state index in [1.165, 1.54) is 6.07 Å². The number of rotatable bonds is 4. The topological polar surface area (TPSA) is 78.4 Å². The SMILES string of the molecule is C[C@@H](NC(=O)NC1CCC(C(=O)O)CC1)c1ccc(F)cc1F. The minimum Gasteiger partial charge on any atom is -0.481 e. The summed E-state index contributed by atoms with van der Waals surface area (Å²) in [4.78, 5) is 22.8. The summed E-state index contributed by atoms with van der Waals surface area (Å²) in [6, 6.07) is 2.08. The molecule has 0 aromatic heterocycles. The number of benzene rings is 1. The Labute approximate surface area is 133 Å². The fourth-order valence-corrected chi connectivity index (χ4v) is 2.84. The molecule has 1 aliphatic carbocycles. The second kappa shape index (κ2) is 7.39. The lowest BCUT2D eigenvalue weighted by molar-refractivity contribution is -0.142. The van der Waals surface area contributed by atoms with Crippen LogP contribution in [0.3, 0.4) is 0 Å². The fraction of sp³-hybridized carbons (Fsp3) is 0.500. The predicted octanol–water partition coefficient (Wildman–Crippen LogP) is 2.97. The van der Waals surface area contributed by atoms with Crippen molar-refractivity contribution in [1.29, 1.82) is 0 Å². The molecule has 1 atom stereocenters. The molecule has 0 radical (unpaired) electrons. The zero-order valence-electron chi connectivity index (χ0n) is 12.8. The van der Waals surface area contributed by atoms with E-state index < -0.39 is 29.7 Å². The smallest absolute Gasteiger partial charge is 0.315 e. The van der Waals surface area contributed by atoms with Gasteiger partial charge in [0.25, 0.3) is 0 Å². The quantitative estimate of drug-likeness (QED) is 0.796. The molecule has 2 amide bonds. The maximum atomic E-state index is 13.7. The van der Waals surface area contributed by atoms with Gasteiger partial charge >= 0.3 is 12.0 Å². The van der Waals surface area contributed by atoms with E-state index in [9.17, 15) is 18.4 Å². The van der Waals surface area contributed by atoms with E-state index in [1.54, 1.807) is 6.92 Å². The maximum absolute atomic E-state index is 13.7. The van der Waals surface area contributed by atoms with E-state index >= 15 is 0 Å². The lowest BCUT2D eigenvalue weighted by Gasteiger charge is -2.27.